The highest BCUT2D eigenvalue weighted by Gasteiger charge is 2.12. The Morgan fingerprint density at radius 2 is 1.07 bits per heavy atom. The number of carboxylic acid groups (broad SMARTS) is 2. The normalized spacial score (nSPS) is 13.4. The van der Waals surface area contributed by atoms with Crippen molar-refractivity contribution in [1.29, 1.82) is 0 Å². The lowest BCUT2D eigenvalue weighted by Gasteiger charge is -2.10. The lowest BCUT2D eigenvalue weighted by Crippen LogP contribution is -2.31. The predicted octanol–water partition coefficient (Wildman–Crippen LogP) is -3.15. The number of carbonyl (C=O) groups is 2. The second-order valence-electron chi connectivity index (χ2n) is 2.11. The second kappa shape index (κ2) is 8.38. The lowest BCUT2D eigenvalue weighted by atomic mass is 10.2. The molecule has 0 aliphatic rings. The lowest BCUT2D eigenvalue weighted by molar-refractivity contribution is -0.159. The fourth-order valence-corrected chi connectivity index (χ4v) is 0.243. The van der Waals surface area contributed by atoms with Gasteiger partial charge in [-0.1, -0.05) is 0 Å². The van der Waals surface area contributed by atoms with E-state index in [2.05, 4.69) is 0 Å². The van der Waals surface area contributed by atoms with Crippen molar-refractivity contribution in [3.63, 3.8) is 0 Å². The third-order valence-corrected chi connectivity index (χ3v) is 1.00. The highest BCUT2D eigenvalue weighted by molar-refractivity contribution is 6.27. The minimum atomic E-state index is -1.82. The number of aliphatic hydroxyl groups excluding tert-OH is 4. The van der Waals surface area contributed by atoms with Crippen LogP contribution in [0.4, 0.5) is 0 Å². The van der Waals surface area contributed by atoms with Gasteiger partial charge in [-0.25, -0.2) is 9.59 Å². The van der Waals surface area contributed by atoms with Crippen LogP contribution >= 0.6 is 0 Å². The van der Waals surface area contributed by atoms with Gasteiger partial charge in [-0.05, 0) is 0 Å². The Balaban J connectivity index is 0. The third kappa shape index (κ3) is 8.87. The van der Waals surface area contributed by atoms with Crippen LogP contribution in [0, 0.1) is 0 Å². The molecule has 0 aromatic rings. The Bertz CT molecular complexity index is 159. The van der Waals surface area contributed by atoms with Crippen molar-refractivity contribution in [3.8, 4) is 0 Å². The Labute approximate surface area is 78.7 Å². The number of hydrogen-bond donors (Lipinski definition) is 6. The number of carboxylic acids is 2. The standard InChI is InChI=1S/C4H10O4.C2H2O4/c5-1-3(7)4(8)2-6;3-1(4)2(5)6/h3-8H,1-2H2;(H,3,4)(H,5,6). The molecule has 6 N–H and O–H groups in total. The molecule has 84 valence electrons. The van der Waals surface area contributed by atoms with Gasteiger partial charge in [0.15, 0.2) is 0 Å². The van der Waals surface area contributed by atoms with Crippen LogP contribution in [0.3, 0.4) is 0 Å². The van der Waals surface area contributed by atoms with E-state index < -0.39 is 37.4 Å². The third-order valence-electron chi connectivity index (χ3n) is 1.00. The van der Waals surface area contributed by atoms with Crippen LogP contribution in [0.5, 0.6) is 0 Å². The first-order valence-corrected chi connectivity index (χ1v) is 3.40. The Kier molecular flexibility index (Phi) is 9.14. The van der Waals surface area contributed by atoms with Gasteiger partial charge in [-0.2, -0.15) is 0 Å². The summed E-state index contributed by atoms with van der Waals surface area (Å²) in [5, 5.41) is 47.9. The van der Waals surface area contributed by atoms with Gasteiger partial charge in [0.2, 0.25) is 0 Å². The summed E-state index contributed by atoms with van der Waals surface area (Å²) in [6.07, 6.45) is -2.44. The summed E-state index contributed by atoms with van der Waals surface area (Å²) in [7, 11) is 0. The topological polar surface area (TPSA) is 156 Å². The molecule has 0 bridgehead atoms. The summed E-state index contributed by atoms with van der Waals surface area (Å²) in [6, 6.07) is 0. The van der Waals surface area contributed by atoms with E-state index in [9.17, 15) is 0 Å². The number of aliphatic hydroxyl groups is 4. The number of aliphatic carboxylic acids is 2. The molecule has 2 atom stereocenters. The molecule has 2 unspecified atom stereocenters. The molecule has 0 saturated carbocycles. The minimum Gasteiger partial charge on any atom is -0.473 e. The highest BCUT2D eigenvalue weighted by atomic mass is 16.4. The maximum atomic E-state index is 9.10. The smallest absolute Gasteiger partial charge is 0.414 e. The maximum Gasteiger partial charge on any atom is 0.414 e. The Morgan fingerprint density at radius 1 is 0.857 bits per heavy atom. The average molecular weight is 212 g/mol. The molecule has 0 radical (unpaired) electrons. The molecule has 14 heavy (non-hydrogen) atoms. The van der Waals surface area contributed by atoms with Crippen molar-refractivity contribution in [1.82, 2.24) is 0 Å². The SMILES string of the molecule is O=C(O)C(=O)O.OCC(O)C(O)CO. The summed E-state index contributed by atoms with van der Waals surface area (Å²) in [5.41, 5.74) is 0. The molecule has 0 spiro atoms. The van der Waals surface area contributed by atoms with Crippen LogP contribution in [0.15, 0.2) is 0 Å². The second-order valence-corrected chi connectivity index (χ2v) is 2.11. The summed E-state index contributed by atoms with van der Waals surface area (Å²) >= 11 is 0. The zero-order valence-electron chi connectivity index (χ0n) is 7.07. The van der Waals surface area contributed by atoms with Crippen LogP contribution < -0.4 is 0 Å². The van der Waals surface area contributed by atoms with Crippen LogP contribution in [-0.2, 0) is 9.59 Å². The van der Waals surface area contributed by atoms with Crippen molar-refractivity contribution in [3.05, 3.63) is 0 Å². The van der Waals surface area contributed by atoms with E-state index in [1.54, 1.807) is 0 Å². The van der Waals surface area contributed by atoms with E-state index >= 15 is 0 Å². The van der Waals surface area contributed by atoms with Gasteiger partial charge >= 0.3 is 11.9 Å². The van der Waals surface area contributed by atoms with Gasteiger partial charge in [0.1, 0.15) is 12.2 Å². The van der Waals surface area contributed by atoms with Gasteiger partial charge in [-0.3, -0.25) is 0 Å². The molecule has 0 amide bonds. The van der Waals surface area contributed by atoms with E-state index in [0.717, 1.165) is 0 Å². The summed E-state index contributed by atoms with van der Waals surface area (Å²) in [4.78, 5) is 18.2. The van der Waals surface area contributed by atoms with Crippen molar-refractivity contribution >= 4 is 11.9 Å². The molecule has 0 fully saturated rings. The predicted molar refractivity (Wildman–Crippen MR) is 41.5 cm³/mol. The number of hydrogen-bond acceptors (Lipinski definition) is 6. The van der Waals surface area contributed by atoms with Gasteiger partial charge in [0.05, 0.1) is 13.2 Å². The first-order chi connectivity index (χ1) is 6.36. The average Bonchev–Trinajstić information content (AvgIpc) is 2.16. The summed E-state index contributed by atoms with van der Waals surface area (Å²) in [5.74, 6) is -3.65. The fourth-order valence-electron chi connectivity index (χ4n) is 0.243. The minimum absolute atomic E-state index is 0.526. The quantitative estimate of drug-likeness (QED) is 0.268. The van der Waals surface area contributed by atoms with Crippen LogP contribution in [0.25, 0.3) is 0 Å². The molecule has 0 saturated heterocycles. The molecule has 0 aromatic carbocycles. The van der Waals surface area contributed by atoms with Gasteiger partial charge in [0, 0.05) is 0 Å². The fraction of sp³-hybridized carbons (Fsp3) is 0.667. The summed E-state index contributed by atoms with van der Waals surface area (Å²) < 4.78 is 0. The number of rotatable bonds is 3. The van der Waals surface area contributed by atoms with E-state index in [1.165, 1.54) is 0 Å². The monoisotopic (exact) mass is 212 g/mol. The van der Waals surface area contributed by atoms with Crippen molar-refractivity contribution in [2.24, 2.45) is 0 Å². The van der Waals surface area contributed by atoms with E-state index in [1.807, 2.05) is 0 Å². The van der Waals surface area contributed by atoms with E-state index in [0.29, 0.717) is 0 Å². The van der Waals surface area contributed by atoms with Gasteiger partial charge < -0.3 is 30.6 Å². The molecule has 0 heterocycles. The van der Waals surface area contributed by atoms with Crippen molar-refractivity contribution in [2.45, 2.75) is 12.2 Å². The largest absolute Gasteiger partial charge is 0.473 e. The molecule has 0 rings (SSSR count). The molecule has 0 aliphatic heterocycles. The van der Waals surface area contributed by atoms with Crippen molar-refractivity contribution < 1.29 is 40.2 Å². The Morgan fingerprint density at radius 3 is 1.14 bits per heavy atom. The molecular formula is C6H12O8. The van der Waals surface area contributed by atoms with Crippen LogP contribution in [0.2, 0.25) is 0 Å². The zero-order valence-corrected chi connectivity index (χ0v) is 7.07. The highest BCUT2D eigenvalue weighted by Crippen LogP contribution is 1.88. The van der Waals surface area contributed by atoms with Crippen LogP contribution in [-0.4, -0.2) is 68.0 Å². The molecule has 0 aromatic heterocycles. The van der Waals surface area contributed by atoms with Gasteiger partial charge in [0.25, 0.3) is 0 Å². The zero-order chi connectivity index (χ0) is 11.7. The molecule has 8 heteroatoms. The molecule has 8 nitrogen and oxygen atoms in total. The first kappa shape index (κ1) is 15.3. The van der Waals surface area contributed by atoms with Gasteiger partial charge in [-0.15, -0.1) is 0 Å². The summed E-state index contributed by atoms with van der Waals surface area (Å²) in [6.45, 7) is -1.05. The first-order valence-electron chi connectivity index (χ1n) is 3.40. The van der Waals surface area contributed by atoms with Crippen LogP contribution in [0.1, 0.15) is 0 Å². The van der Waals surface area contributed by atoms with E-state index in [-0.39, 0.29) is 0 Å². The Hall–Kier alpha value is -1.22. The molecular weight excluding hydrogens is 200 g/mol. The van der Waals surface area contributed by atoms with E-state index in [4.69, 9.17) is 40.2 Å². The maximum absolute atomic E-state index is 9.10. The molecule has 0 aliphatic carbocycles. The van der Waals surface area contributed by atoms with Crippen molar-refractivity contribution in [2.75, 3.05) is 13.2 Å².